The summed E-state index contributed by atoms with van der Waals surface area (Å²) in [5, 5.41) is 10.4. The van der Waals surface area contributed by atoms with Crippen LogP contribution in [0.15, 0.2) is 65.5 Å². The molecule has 0 aromatic heterocycles. The summed E-state index contributed by atoms with van der Waals surface area (Å²) in [6, 6.07) is 13.4. The molecule has 222 valence electrons. The molecule has 0 bridgehead atoms. The average Bonchev–Trinajstić information content (AvgIpc) is 2.88. The number of amides is 2. The van der Waals surface area contributed by atoms with E-state index in [0.29, 0.717) is 10.0 Å². The fourth-order valence-corrected chi connectivity index (χ4v) is 8.02. The first-order chi connectivity index (χ1) is 19.1. The Labute approximate surface area is 253 Å². The average molecular weight is 622 g/mol. The summed E-state index contributed by atoms with van der Waals surface area (Å²) in [7, 11) is -3.14. The van der Waals surface area contributed by atoms with Gasteiger partial charge in [0, 0.05) is 27.3 Å². The SMILES string of the molecule is C=CC(=O)N=S(=O)(C[C@H](C(C)C)N1C(=O)[C@@](C)(CC(=O)O)C[C@H](c2cccc(Cl)c2)[C@H]1c1ccc(Cl)cc1)C(C)C. The lowest BCUT2D eigenvalue weighted by Crippen LogP contribution is -2.59. The van der Waals surface area contributed by atoms with Gasteiger partial charge < -0.3 is 10.0 Å². The maximum Gasteiger partial charge on any atom is 0.304 e. The molecule has 0 saturated carbocycles. The molecular weight excluding hydrogens is 583 g/mol. The van der Waals surface area contributed by atoms with Crippen molar-refractivity contribution in [2.24, 2.45) is 15.7 Å². The number of aliphatic carboxylic acids is 1. The zero-order valence-electron chi connectivity index (χ0n) is 24.1. The highest BCUT2D eigenvalue weighted by atomic mass is 35.5. The molecule has 1 saturated heterocycles. The van der Waals surface area contributed by atoms with Gasteiger partial charge in [-0.1, -0.05) is 88.7 Å². The first-order valence-corrected chi connectivity index (χ1v) is 16.1. The van der Waals surface area contributed by atoms with Gasteiger partial charge in [-0.3, -0.25) is 14.4 Å². The third kappa shape index (κ3) is 7.40. The van der Waals surface area contributed by atoms with Crippen LogP contribution >= 0.6 is 23.2 Å². The van der Waals surface area contributed by atoms with Gasteiger partial charge in [0.1, 0.15) is 0 Å². The number of likely N-dealkylation sites (tertiary alicyclic amines) is 1. The summed E-state index contributed by atoms with van der Waals surface area (Å²) < 4.78 is 18.3. The van der Waals surface area contributed by atoms with Crippen molar-refractivity contribution in [2.45, 2.75) is 70.7 Å². The van der Waals surface area contributed by atoms with E-state index < -0.39 is 44.4 Å². The van der Waals surface area contributed by atoms with Gasteiger partial charge >= 0.3 is 5.97 Å². The number of nitrogens with zero attached hydrogens (tertiary/aromatic N) is 2. The number of halogens is 2. The second-order valence-corrected chi connectivity index (χ2v) is 15.3. The third-order valence-corrected chi connectivity index (χ3v) is 11.1. The molecule has 10 heteroatoms. The lowest BCUT2D eigenvalue weighted by atomic mass is 9.66. The highest BCUT2D eigenvalue weighted by Gasteiger charge is 2.53. The maximum atomic E-state index is 14.6. The Bertz CT molecular complexity index is 1430. The van der Waals surface area contributed by atoms with Crippen LogP contribution < -0.4 is 0 Å². The summed E-state index contributed by atoms with van der Waals surface area (Å²) in [5.74, 6) is -2.75. The predicted octanol–water partition coefficient (Wildman–Crippen LogP) is 7.15. The van der Waals surface area contributed by atoms with E-state index >= 15 is 0 Å². The second-order valence-electron chi connectivity index (χ2n) is 11.6. The van der Waals surface area contributed by atoms with Gasteiger partial charge in [-0.2, -0.15) is 4.36 Å². The van der Waals surface area contributed by atoms with Gasteiger partial charge in [-0.05, 0) is 53.8 Å². The van der Waals surface area contributed by atoms with Crippen molar-refractivity contribution in [2.75, 3.05) is 5.75 Å². The molecular formula is C31H38Cl2N2O5S. The maximum absolute atomic E-state index is 14.6. The molecule has 0 spiro atoms. The Kier molecular flexibility index (Phi) is 10.5. The smallest absolute Gasteiger partial charge is 0.304 e. The Morgan fingerprint density at radius 3 is 2.27 bits per heavy atom. The van der Waals surface area contributed by atoms with Crippen LogP contribution in [0.3, 0.4) is 0 Å². The zero-order valence-corrected chi connectivity index (χ0v) is 26.4. The first kappa shape index (κ1) is 32.8. The number of benzene rings is 2. The number of hydrogen-bond donors (Lipinski definition) is 1. The molecule has 2 amide bonds. The van der Waals surface area contributed by atoms with Crippen LogP contribution in [0.25, 0.3) is 0 Å². The van der Waals surface area contributed by atoms with Crippen LogP contribution in [0, 0.1) is 11.3 Å². The number of rotatable bonds is 10. The van der Waals surface area contributed by atoms with Crippen LogP contribution in [0.4, 0.5) is 0 Å². The molecule has 5 atom stereocenters. The summed E-state index contributed by atoms with van der Waals surface area (Å²) in [5.41, 5.74) is 0.387. The van der Waals surface area contributed by atoms with E-state index in [1.807, 2.05) is 44.2 Å². The van der Waals surface area contributed by atoms with Crippen molar-refractivity contribution >= 4 is 50.7 Å². The molecule has 2 aromatic carbocycles. The molecule has 1 aliphatic rings. The normalized spacial score (nSPS) is 23.2. The van der Waals surface area contributed by atoms with E-state index in [0.717, 1.165) is 17.2 Å². The number of carbonyl (C=O) groups is 3. The zero-order chi connectivity index (χ0) is 30.7. The predicted molar refractivity (Wildman–Crippen MR) is 165 cm³/mol. The fraction of sp³-hybridized carbons (Fsp3) is 0.452. The van der Waals surface area contributed by atoms with E-state index in [1.165, 1.54) is 0 Å². The van der Waals surface area contributed by atoms with Crippen molar-refractivity contribution in [1.82, 2.24) is 4.90 Å². The van der Waals surface area contributed by atoms with Crippen LogP contribution in [0.5, 0.6) is 0 Å². The van der Waals surface area contributed by atoms with Crippen molar-refractivity contribution in [3.63, 3.8) is 0 Å². The Balaban J connectivity index is 2.35. The molecule has 7 nitrogen and oxygen atoms in total. The van der Waals surface area contributed by atoms with E-state index in [9.17, 15) is 23.7 Å². The Morgan fingerprint density at radius 2 is 1.76 bits per heavy atom. The van der Waals surface area contributed by atoms with E-state index in [1.54, 1.807) is 43.9 Å². The largest absolute Gasteiger partial charge is 0.481 e. The quantitative estimate of drug-likeness (QED) is 0.284. The number of hydrogen-bond acceptors (Lipinski definition) is 4. The highest BCUT2D eigenvalue weighted by molar-refractivity contribution is 7.94. The molecule has 1 aliphatic heterocycles. The van der Waals surface area contributed by atoms with Crippen LogP contribution in [0.1, 0.15) is 70.5 Å². The lowest BCUT2D eigenvalue weighted by molar-refractivity contribution is -0.161. The summed E-state index contributed by atoms with van der Waals surface area (Å²) in [6.45, 7) is 12.4. The molecule has 0 radical (unpaired) electrons. The topological polar surface area (TPSA) is 104 Å². The molecule has 1 N–H and O–H groups in total. The standard InChI is InChI=1S/C31H38Cl2N2O5S/c1-7-27(36)34-41(40,20(4)5)18-26(19(2)3)35-29(21-11-13-23(32)14-12-21)25(22-9-8-10-24(33)15-22)16-31(6,30(35)39)17-28(37)38/h7-15,19-20,25-26,29H,1,16-18H2,2-6H3,(H,37,38)/t25-,26-,29-,31-,41?/m1/s1. The van der Waals surface area contributed by atoms with Crippen molar-refractivity contribution in [3.05, 3.63) is 82.4 Å². The number of piperidine rings is 1. The van der Waals surface area contributed by atoms with E-state index in [4.69, 9.17) is 23.2 Å². The Morgan fingerprint density at radius 1 is 1.12 bits per heavy atom. The van der Waals surface area contributed by atoms with Gasteiger partial charge in [0.15, 0.2) is 0 Å². The molecule has 41 heavy (non-hydrogen) atoms. The minimum atomic E-state index is -3.14. The van der Waals surface area contributed by atoms with Gasteiger partial charge in [0.05, 0.1) is 33.4 Å². The fourth-order valence-electron chi connectivity index (χ4n) is 5.61. The van der Waals surface area contributed by atoms with Crippen LogP contribution in [-0.4, -0.2) is 49.0 Å². The Hall–Kier alpha value is -2.68. The molecule has 1 fully saturated rings. The monoisotopic (exact) mass is 620 g/mol. The van der Waals surface area contributed by atoms with E-state index in [-0.39, 0.29) is 36.3 Å². The van der Waals surface area contributed by atoms with Crippen molar-refractivity contribution in [3.8, 4) is 0 Å². The lowest BCUT2D eigenvalue weighted by Gasteiger charge is -2.53. The third-order valence-electron chi connectivity index (χ3n) is 7.82. The molecule has 1 unspecified atom stereocenters. The highest BCUT2D eigenvalue weighted by Crippen LogP contribution is 2.52. The molecule has 2 aromatic rings. The number of carboxylic acids is 1. The van der Waals surface area contributed by atoms with Crippen molar-refractivity contribution < 1.29 is 23.7 Å². The number of carbonyl (C=O) groups excluding carboxylic acids is 2. The number of carboxylic acid groups (broad SMARTS) is 1. The molecule has 0 aliphatic carbocycles. The summed E-state index contributed by atoms with van der Waals surface area (Å²) in [4.78, 5) is 40.6. The summed E-state index contributed by atoms with van der Waals surface area (Å²) >= 11 is 12.6. The van der Waals surface area contributed by atoms with Crippen LogP contribution in [0.2, 0.25) is 10.0 Å². The van der Waals surface area contributed by atoms with Gasteiger partial charge in [-0.15, -0.1) is 0 Å². The van der Waals surface area contributed by atoms with Gasteiger partial charge in [-0.25, -0.2) is 4.21 Å². The van der Waals surface area contributed by atoms with Gasteiger partial charge in [0.2, 0.25) is 5.91 Å². The minimum Gasteiger partial charge on any atom is -0.481 e. The van der Waals surface area contributed by atoms with Gasteiger partial charge in [0.25, 0.3) is 5.91 Å². The van der Waals surface area contributed by atoms with Crippen molar-refractivity contribution in [1.29, 1.82) is 0 Å². The molecule has 3 rings (SSSR count). The first-order valence-electron chi connectivity index (χ1n) is 13.6. The summed E-state index contributed by atoms with van der Waals surface area (Å²) in [6.07, 6.45) is 0.899. The molecule has 1 heterocycles. The van der Waals surface area contributed by atoms with E-state index in [2.05, 4.69) is 10.9 Å². The minimum absolute atomic E-state index is 0.0663. The second kappa shape index (κ2) is 13.1. The van der Waals surface area contributed by atoms with Crippen LogP contribution in [-0.2, 0) is 24.1 Å².